The fourth-order valence-corrected chi connectivity index (χ4v) is 2.09. The van der Waals surface area contributed by atoms with E-state index in [1.807, 2.05) is 6.92 Å². The maximum absolute atomic E-state index is 11.9. The minimum absolute atomic E-state index is 0.0642. The molecule has 3 nitrogen and oxygen atoms in total. The molecule has 1 atom stereocenters. The minimum atomic E-state index is -4.36. The van der Waals surface area contributed by atoms with Crippen molar-refractivity contribution in [1.29, 1.82) is 0 Å². The van der Waals surface area contributed by atoms with Crippen LogP contribution in [0.25, 0.3) is 0 Å². The number of benzene rings is 1. The van der Waals surface area contributed by atoms with Crippen LogP contribution in [0.4, 0.5) is 13.2 Å². The van der Waals surface area contributed by atoms with Gasteiger partial charge < -0.3 is 9.47 Å². The molecule has 0 aliphatic carbocycles. The first-order valence-electron chi connectivity index (χ1n) is 6.32. The first kappa shape index (κ1) is 14.8. The highest BCUT2D eigenvalue weighted by molar-refractivity contribution is 5.96. The number of hydrogen-bond donors (Lipinski definition) is 0. The molecule has 1 unspecified atom stereocenters. The summed E-state index contributed by atoms with van der Waals surface area (Å²) in [6.45, 7) is 0.380. The molecule has 0 radical (unpaired) electrons. The van der Waals surface area contributed by atoms with Crippen LogP contribution < -0.4 is 4.74 Å². The van der Waals surface area contributed by atoms with Gasteiger partial charge in [0.2, 0.25) is 0 Å². The summed E-state index contributed by atoms with van der Waals surface area (Å²) in [7, 11) is 0. The second-order valence-corrected chi connectivity index (χ2v) is 4.80. The Morgan fingerprint density at radius 2 is 2.20 bits per heavy atom. The molecule has 1 aliphatic rings. The van der Waals surface area contributed by atoms with Crippen LogP contribution in [0.5, 0.6) is 5.75 Å². The smallest absolute Gasteiger partial charge is 0.411 e. The Hall–Kier alpha value is -1.56. The van der Waals surface area contributed by atoms with Crippen LogP contribution in [-0.4, -0.2) is 31.3 Å². The summed E-state index contributed by atoms with van der Waals surface area (Å²) in [6, 6.07) is 5.09. The third-order valence-electron chi connectivity index (χ3n) is 2.96. The highest BCUT2D eigenvalue weighted by atomic mass is 19.4. The van der Waals surface area contributed by atoms with E-state index in [4.69, 9.17) is 4.74 Å². The van der Waals surface area contributed by atoms with E-state index in [1.165, 1.54) is 0 Å². The van der Waals surface area contributed by atoms with Crippen molar-refractivity contribution >= 4 is 5.78 Å². The van der Waals surface area contributed by atoms with Crippen molar-refractivity contribution in [1.82, 2.24) is 0 Å². The molecule has 0 amide bonds. The average Bonchev–Trinajstić information content (AvgIpc) is 2.72. The molecule has 0 bridgehead atoms. The van der Waals surface area contributed by atoms with Gasteiger partial charge in [-0.3, -0.25) is 4.79 Å². The number of fused-ring (bicyclic) bond motifs is 1. The van der Waals surface area contributed by atoms with Gasteiger partial charge in [0.05, 0.1) is 6.61 Å². The van der Waals surface area contributed by atoms with Gasteiger partial charge in [0, 0.05) is 18.4 Å². The summed E-state index contributed by atoms with van der Waals surface area (Å²) in [4.78, 5) is 11.8. The van der Waals surface area contributed by atoms with Crippen molar-refractivity contribution in [2.24, 2.45) is 0 Å². The Morgan fingerprint density at radius 1 is 1.45 bits per heavy atom. The van der Waals surface area contributed by atoms with Crippen LogP contribution >= 0.6 is 0 Å². The van der Waals surface area contributed by atoms with Crippen LogP contribution in [0.3, 0.4) is 0 Å². The number of ether oxygens (including phenoxy) is 2. The van der Waals surface area contributed by atoms with Gasteiger partial charge in [-0.1, -0.05) is 0 Å². The van der Waals surface area contributed by atoms with E-state index in [0.29, 0.717) is 5.56 Å². The van der Waals surface area contributed by atoms with Gasteiger partial charge in [-0.25, -0.2) is 0 Å². The molecule has 0 aromatic heterocycles. The summed E-state index contributed by atoms with van der Waals surface area (Å²) in [6.07, 6.45) is -3.60. The van der Waals surface area contributed by atoms with Gasteiger partial charge >= 0.3 is 6.18 Å². The standard InChI is InChI=1S/C14H15F3O3/c1-9-6-11-7-10(2-3-13(11)20-9)12(18)4-5-19-8-14(15,16)17/h2-3,7,9H,4-6,8H2,1H3. The van der Waals surface area contributed by atoms with E-state index >= 15 is 0 Å². The SMILES string of the molecule is CC1Cc2cc(C(=O)CCOCC(F)(F)F)ccc2O1. The minimum Gasteiger partial charge on any atom is -0.490 e. The molecular formula is C14H15F3O3. The largest absolute Gasteiger partial charge is 0.490 e. The fraction of sp³-hybridized carbons (Fsp3) is 0.500. The van der Waals surface area contributed by atoms with Crippen LogP contribution in [0.2, 0.25) is 0 Å². The predicted molar refractivity (Wildman–Crippen MR) is 66.1 cm³/mol. The summed E-state index contributed by atoms with van der Waals surface area (Å²) in [5, 5.41) is 0. The first-order chi connectivity index (χ1) is 9.35. The number of alkyl halides is 3. The summed E-state index contributed by atoms with van der Waals surface area (Å²) in [5.41, 5.74) is 1.44. The number of Topliss-reactive ketones (excluding diaryl/α,β-unsaturated/α-hetero) is 1. The fourth-order valence-electron chi connectivity index (χ4n) is 2.09. The maximum atomic E-state index is 11.9. The van der Waals surface area contributed by atoms with Crippen molar-refractivity contribution in [2.75, 3.05) is 13.2 Å². The van der Waals surface area contributed by atoms with E-state index in [1.54, 1.807) is 18.2 Å². The summed E-state index contributed by atoms with van der Waals surface area (Å²) < 4.78 is 45.5. The van der Waals surface area contributed by atoms with Gasteiger partial charge in [0.25, 0.3) is 0 Å². The van der Waals surface area contributed by atoms with Crippen molar-refractivity contribution in [3.8, 4) is 5.75 Å². The average molecular weight is 288 g/mol. The number of halogens is 3. The lowest BCUT2D eigenvalue weighted by Gasteiger charge is -2.07. The monoisotopic (exact) mass is 288 g/mol. The van der Waals surface area contributed by atoms with Gasteiger partial charge in [-0.05, 0) is 30.7 Å². The van der Waals surface area contributed by atoms with E-state index < -0.39 is 12.8 Å². The Bertz CT molecular complexity index is 497. The van der Waals surface area contributed by atoms with E-state index in [-0.39, 0.29) is 24.9 Å². The Morgan fingerprint density at radius 3 is 2.90 bits per heavy atom. The first-order valence-corrected chi connectivity index (χ1v) is 6.32. The van der Waals surface area contributed by atoms with E-state index in [9.17, 15) is 18.0 Å². The topological polar surface area (TPSA) is 35.5 Å². The zero-order valence-electron chi connectivity index (χ0n) is 11.0. The number of hydrogen-bond acceptors (Lipinski definition) is 3. The molecule has 20 heavy (non-hydrogen) atoms. The molecular weight excluding hydrogens is 273 g/mol. The van der Waals surface area contributed by atoms with Gasteiger partial charge in [-0.2, -0.15) is 13.2 Å². The van der Waals surface area contributed by atoms with Crippen molar-refractivity contribution < 1.29 is 27.4 Å². The number of ketones is 1. The predicted octanol–water partition coefficient (Wildman–Crippen LogP) is 3.16. The Balaban J connectivity index is 1.86. The quantitative estimate of drug-likeness (QED) is 0.616. The van der Waals surface area contributed by atoms with E-state index in [2.05, 4.69) is 4.74 Å². The Labute approximate surface area is 114 Å². The molecule has 110 valence electrons. The van der Waals surface area contributed by atoms with Crippen LogP contribution in [-0.2, 0) is 11.2 Å². The molecule has 1 heterocycles. The zero-order valence-corrected chi connectivity index (χ0v) is 11.0. The van der Waals surface area contributed by atoms with E-state index in [0.717, 1.165) is 17.7 Å². The Kier molecular flexibility index (Phi) is 4.32. The molecule has 0 N–H and O–H groups in total. The highest BCUT2D eigenvalue weighted by Gasteiger charge is 2.27. The lowest BCUT2D eigenvalue weighted by atomic mass is 10.0. The third-order valence-corrected chi connectivity index (χ3v) is 2.96. The van der Waals surface area contributed by atoms with Crippen LogP contribution in [0.15, 0.2) is 18.2 Å². The number of carbonyl (C=O) groups excluding carboxylic acids is 1. The molecule has 0 spiro atoms. The summed E-state index contributed by atoms with van der Waals surface area (Å²) in [5.74, 6) is 0.539. The molecule has 0 saturated carbocycles. The second-order valence-electron chi connectivity index (χ2n) is 4.80. The lowest BCUT2D eigenvalue weighted by molar-refractivity contribution is -0.173. The number of carbonyl (C=O) groups is 1. The molecule has 2 rings (SSSR count). The zero-order chi connectivity index (χ0) is 14.8. The number of rotatable bonds is 5. The van der Waals surface area contributed by atoms with Gasteiger partial charge in [0.1, 0.15) is 18.5 Å². The van der Waals surface area contributed by atoms with Gasteiger partial charge in [0.15, 0.2) is 5.78 Å². The lowest BCUT2D eigenvalue weighted by Crippen LogP contribution is -2.18. The molecule has 1 aromatic rings. The second kappa shape index (κ2) is 5.83. The highest BCUT2D eigenvalue weighted by Crippen LogP contribution is 2.29. The van der Waals surface area contributed by atoms with Gasteiger partial charge in [-0.15, -0.1) is 0 Å². The van der Waals surface area contributed by atoms with Crippen molar-refractivity contribution in [3.05, 3.63) is 29.3 Å². The van der Waals surface area contributed by atoms with Crippen LogP contribution in [0.1, 0.15) is 29.3 Å². The van der Waals surface area contributed by atoms with Crippen LogP contribution in [0, 0.1) is 0 Å². The maximum Gasteiger partial charge on any atom is 0.411 e. The van der Waals surface area contributed by atoms with Crippen molar-refractivity contribution in [3.63, 3.8) is 0 Å². The molecule has 1 aliphatic heterocycles. The molecule has 0 saturated heterocycles. The molecule has 1 aromatic carbocycles. The normalized spacial score (nSPS) is 17.7. The molecule has 6 heteroatoms. The van der Waals surface area contributed by atoms with Crippen molar-refractivity contribution in [2.45, 2.75) is 32.0 Å². The third kappa shape index (κ3) is 3.96. The summed E-state index contributed by atoms with van der Waals surface area (Å²) >= 11 is 0. The molecule has 0 fully saturated rings.